The summed E-state index contributed by atoms with van der Waals surface area (Å²) in [5, 5.41) is 0. The molecule has 0 rings (SSSR count). The summed E-state index contributed by atoms with van der Waals surface area (Å²) in [4.78, 5) is 4.20. The summed E-state index contributed by atoms with van der Waals surface area (Å²) >= 11 is 0. The summed E-state index contributed by atoms with van der Waals surface area (Å²) in [5.74, 6) is 0. The van der Waals surface area contributed by atoms with Crippen LogP contribution in [0, 0.1) is 0 Å². The van der Waals surface area contributed by atoms with Crippen LogP contribution in [-0.2, 0) is 0 Å². The second kappa shape index (κ2) is 4.98. The van der Waals surface area contributed by atoms with Crippen molar-refractivity contribution in [3.63, 3.8) is 0 Å². The first-order valence-electron chi connectivity index (χ1n) is 3.55. The molecule has 0 saturated carbocycles. The van der Waals surface area contributed by atoms with Gasteiger partial charge in [-0.3, -0.25) is 4.99 Å². The molecule has 0 aromatic heterocycles. The van der Waals surface area contributed by atoms with Crippen LogP contribution < -0.4 is 0 Å². The van der Waals surface area contributed by atoms with E-state index in [-0.39, 0.29) is 0 Å². The van der Waals surface area contributed by atoms with Gasteiger partial charge in [0.25, 0.3) is 0 Å². The van der Waals surface area contributed by atoms with E-state index >= 15 is 0 Å². The highest BCUT2D eigenvalue weighted by Crippen LogP contribution is 2.00. The molecule has 0 atom stereocenters. The maximum atomic E-state index is 4.20. The molecule has 0 aliphatic rings. The van der Waals surface area contributed by atoms with Crippen LogP contribution in [0.2, 0.25) is 0 Å². The summed E-state index contributed by atoms with van der Waals surface area (Å²) in [5.41, 5.74) is 2.11. The monoisotopic (exact) mass is 137 g/mol. The Morgan fingerprint density at radius 1 is 1.60 bits per heavy atom. The first kappa shape index (κ1) is 9.15. The fourth-order valence-electron chi connectivity index (χ4n) is 0.563. The lowest BCUT2D eigenvalue weighted by Crippen LogP contribution is -1.77. The fourth-order valence-corrected chi connectivity index (χ4v) is 0.563. The van der Waals surface area contributed by atoms with Crippen molar-refractivity contribution in [2.24, 2.45) is 4.99 Å². The summed E-state index contributed by atoms with van der Waals surface area (Å²) < 4.78 is 0. The van der Waals surface area contributed by atoms with Gasteiger partial charge in [-0.05, 0) is 25.8 Å². The third-order valence-electron chi connectivity index (χ3n) is 1.15. The van der Waals surface area contributed by atoms with E-state index in [1.165, 1.54) is 0 Å². The van der Waals surface area contributed by atoms with Crippen LogP contribution in [0.4, 0.5) is 0 Å². The van der Waals surface area contributed by atoms with E-state index in [4.69, 9.17) is 0 Å². The molecule has 1 heteroatoms. The molecule has 0 spiro atoms. The number of hydrogen-bond donors (Lipinski definition) is 0. The van der Waals surface area contributed by atoms with Crippen LogP contribution in [0.25, 0.3) is 0 Å². The summed E-state index contributed by atoms with van der Waals surface area (Å²) in [6, 6.07) is 0. The van der Waals surface area contributed by atoms with Gasteiger partial charge in [-0.2, -0.15) is 0 Å². The van der Waals surface area contributed by atoms with Crippen LogP contribution >= 0.6 is 0 Å². The Kier molecular flexibility index (Phi) is 4.55. The average molecular weight is 137 g/mol. The SMILES string of the molecule is C=C(C)/C=N\C(=C/C)CC. The molecular weight excluding hydrogens is 122 g/mol. The van der Waals surface area contributed by atoms with Crippen molar-refractivity contribution in [2.45, 2.75) is 27.2 Å². The molecule has 0 saturated heterocycles. The summed E-state index contributed by atoms with van der Waals surface area (Å²) in [6.45, 7) is 9.74. The second-order valence-electron chi connectivity index (χ2n) is 2.24. The lowest BCUT2D eigenvalue weighted by Gasteiger charge is -1.92. The summed E-state index contributed by atoms with van der Waals surface area (Å²) in [6.07, 6.45) is 4.79. The topological polar surface area (TPSA) is 12.4 Å². The van der Waals surface area contributed by atoms with Crippen LogP contribution in [0.1, 0.15) is 27.2 Å². The zero-order valence-corrected chi connectivity index (χ0v) is 7.02. The van der Waals surface area contributed by atoms with Gasteiger partial charge in [-0.1, -0.05) is 19.6 Å². The highest BCUT2D eigenvalue weighted by Gasteiger charge is 1.83. The average Bonchev–Trinajstić information content (AvgIpc) is 1.90. The number of hydrogen-bond acceptors (Lipinski definition) is 1. The molecule has 56 valence electrons. The van der Waals surface area contributed by atoms with Crippen LogP contribution in [-0.4, -0.2) is 6.21 Å². The highest BCUT2D eigenvalue weighted by molar-refractivity contribution is 5.77. The molecule has 0 amide bonds. The molecule has 0 fully saturated rings. The largest absolute Gasteiger partial charge is 0.261 e. The fraction of sp³-hybridized carbons (Fsp3) is 0.444. The normalized spacial score (nSPS) is 12.5. The van der Waals surface area contributed by atoms with E-state index in [1.807, 2.05) is 19.9 Å². The minimum absolute atomic E-state index is 0.986. The van der Waals surface area contributed by atoms with Crippen molar-refractivity contribution in [1.29, 1.82) is 0 Å². The minimum atomic E-state index is 0.986. The maximum absolute atomic E-state index is 4.20. The third kappa shape index (κ3) is 4.07. The van der Waals surface area contributed by atoms with Gasteiger partial charge in [0.05, 0.1) is 0 Å². The molecule has 0 heterocycles. The molecule has 10 heavy (non-hydrogen) atoms. The zero-order valence-electron chi connectivity index (χ0n) is 7.02. The Labute approximate surface area is 63.2 Å². The van der Waals surface area contributed by atoms with E-state index in [2.05, 4.69) is 18.5 Å². The Morgan fingerprint density at radius 3 is 2.50 bits per heavy atom. The molecule has 1 nitrogen and oxygen atoms in total. The molecule has 0 aromatic carbocycles. The van der Waals surface area contributed by atoms with E-state index < -0.39 is 0 Å². The minimum Gasteiger partial charge on any atom is -0.261 e. The van der Waals surface area contributed by atoms with Crippen LogP contribution in [0.5, 0.6) is 0 Å². The van der Waals surface area contributed by atoms with Crippen LogP contribution in [0.15, 0.2) is 28.9 Å². The number of nitrogens with zero attached hydrogens (tertiary/aromatic N) is 1. The van der Waals surface area contributed by atoms with Gasteiger partial charge in [0.2, 0.25) is 0 Å². The predicted molar refractivity (Wildman–Crippen MR) is 47.4 cm³/mol. The van der Waals surface area contributed by atoms with Crippen molar-refractivity contribution in [3.05, 3.63) is 23.9 Å². The Hall–Kier alpha value is -0.850. The Bertz CT molecular complexity index is 164. The quantitative estimate of drug-likeness (QED) is 0.530. The Balaban J connectivity index is 3.98. The molecule has 0 aromatic rings. The zero-order chi connectivity index (χ0) is 7.98. The second-order valence-corrected chi connectivity index (χ2v) is 2.24. The lowest BCUT2D eigenvalue weighted by molar-refractivity contribution is 1.06. The highest BCUT2D eigenvalue weighted by atomic mass is 14.7. The number of aliphatic imine (C=N–C) groups is 1. The molecule has 0 unspecified atom stereocenters. The Morgan fingerprint density at radius 2 is 2.20 bits per heavy atom. The third-order valence-corrected chi connectivity index (χ3v) is 1.15. The van der Waals surface area contributed by atoms with E-state index in [1.54, 1.807) is 6.21 Å². The van der Waals surface area contributed by atoms with Gasteiger partial charge in [0, 0.05) is 11.9 Å². The molecular formula is C9H15N. The van der Waals surface area contributed by atoms with Gasteiger partial charge >= 0.3 is 0 Å². The molecule has 0 radical (unpaired) electrons. The van der Waals surface area contributed by atoms with Gasteiger partial charge in [-0.15, -0.1) is 0 Å². The van der Waals surface area contributed by atoms with Crippen molar-refractivity contribution in [1.82, 2.24) is 0 Å². The molecule has 0 bridgehead atoms. The number of rotatable bonds is 3. The summed E-state index contributed by atoms with van der Waals surface area (Å²) in [7, 11) is 0. The molecule has 0 N–H and O–H groups in total. The van der Waals surface area contributed by atoms with Gasteiger partial charge in [-0.25, -0.2) is 0 Å². The van der Waals surface area contributed by atoms with E-state index in [0.717, 1.165) is 17.7 Å². The predicted octanol–water partition coefficient (Wildman–Crippen LogP) is 2.95. The first-order chi connectivity index (χ1) is 4.70. The maximum Gasteiger partial charge on any atom is 0.0358 e. The standard InChI is InChI=1S/C9H15N/c1-5-9(6-2)10-7-8(3)4/h5,7H,3,6H2,1-2,4H3/b9-5-,10-7-. The van der Waals surface area contributed by atoms with Crippen LogP contribution in [0.3, 0.4) is 0 Å². The first-order valence-corrected chi connectivity index (χ1v) is 3.55. The van der Waals surface area contributed by atoms with Gasteiger partial charge in [0.15, 0.2) is 0 Å². The van der Waals surface area contributed by atoms with Crippen molar-refractivity contribution >= 4 is 6.21 Å². The van der Waals surface area contributed by atoms with Crippen molar-refractivity contribution in [2.75, 3.05) is 0 Å². The smallest absolute Gasteiger partial charge is 0.0358 e. The lowest BCUT2D eigenvalue weighted by atomic mass is 10.3. The van der Waals surface area contributed by atoms with Crippen molar-refractivity contribution < 1.29 is 0 Å². The van der Waals surface area contributed by atoms with Gasteiger partial charge in [0.1, 0.15) is 0 Å². The molecule has 0 aliphatic carbocycles. The molecule has 0 aliphatic heterocycles. The van der Waals surface area contributed by atoms with E-state index in [0.29, 0.717) is 0 Å². The number of allylic oxidation sites excluding steroid dienone is 3. The van der Waals surface area contributed by atoms with Crippen molar-refractivity contribution in [3.8, 4) is 0 Å². The van der Waals surface area contributed by atoms with Gasteiger partial charge < -0.3 is 0 Å². The van der Waals surface area contributed by atoms with E-state index in [9.17, 15) is 0 Å².